The van der Waals surface area contributed by atoms with Gasteiger partial charge in [0.25, 0.3) is 5.91 Å². The van der Waals surface area contributed by atoms with E-state index >= 15 is 0 Å². The summed E-state index contributed by atoms with van der Waals surface area (Å²) in [4.78, 5) is 24.2. The average Bonchev–Trinajstić information content (AvgIpc) is 2.62. The van der Waals surface area contributed by atoms with E-state index in [1.165, 1.54) is 12.8 Å². The van der Waals surface area contributed by atoms with Gasteiger partial charge in [-0.25, -0.2) is 0 Å². The highest BCUT2D eigenvalue weighted by Gasteiger charge is 2.18. The molecule has 1 heterocycles. The molecule has 0 aliphatic heterocycles. The number of amides is 1. The van der Waals surface area contributed by atoms with Crippen LogP contribution in [0.25, 0.3) is 0 Å². The number of pyridine rings is 1. The van der Waals surface area contributed by atoms with Gasteiger partial charge in [-0.15, -0.1) is 0 Å². The van der Waals surface area contributed by atoms with E-state index in [0.717, 1.165) is 25.7 Å². The Morgan fingerprint density at radius 1 is 1.26 bits per heavy atom. The molecular weight excluding hydrogens is 308 g/mol. The van der Waals surface area contributed by atoms with Crippen molar-refractivity contribution in [3.63, 3.8) is 0 Å². The summed E-state index contributed by atoms with van der Waals surface area (Å²) in [5.74, 6) is -0.256. The number of aryl methyl sites for hydroxylation is 1. The fourth-order valence-electron chi connectivity index (χ4n) is 2.51. The van der Waals surface area contributed by atoms with Crippen LogP contribution >= 0.6 is 15.9 Å². The normalized spacial score (nSPS) is 16.9. The van der Waals surface area contributed by atoms with Crippen LogP contribution in [-0.2, 0) is 7.05 Å². The maximum atomic E-state index is 12.2. The molecule has 19 heavy (non-hydrogen) atoms. The largest absolute Gasteiger partial charge is 0.355 e. The van der Waals surface area contributed by atoms with Crippen LogP contribution in [0.4, 0.5) is 0 Å². The van der Waals surface area contributed by atoms with Crippen LogP contribution < -0.4 is 10.7 Å². The number of hydrogen-bond donors (Lipinski definition) is 1. The quantitative estimate of drug-likeness (QED) is 0.849. The van der Waals surface area contributed by atoms with E-state index in [2.05, 4.69) is 21.2 Å². The molecule has 1 aliphatic carbocycles. The van der Waals surface area contributed by atoms with E-state index in [9.17, 15) is 9.59 Å². The average molecular weight is 327 g/mol. The van der Waals surface area contributed by atoms with Gasteiger partial charge in [-0.3, -0.25) is 9.59 Å². The lowest BCUT2D eigenvalue weighted by Gasteiger charge is -2.16. The third-order valence-corrected chi connectivity index (χ3v) is 4.11. The fourth-order valence-corrected chi connectivity index (χ4v) is 3.05. The number of carbonyl (C=O) groups is 1. The molecule has 1 N–H and O–H groups in total. The lowest BCUT2D eigenvalue weighted by molar-refractivity contribution is 0.0931. The highest BCUT2D eigenvalue weighted by Crippen LogP contribution is 2.17. The van der Waals surface area contributed by atoms with Crippen LogP contribution in [0.3, 0.4) is 0 Å². The third-order valence-electron chi connectivity index (χ3n) is 3.55. The van der Waals surface area contributed by atoms with Gasteiger partial charge in [0, 0.05) is 25.5 Å². The monoisotopic (exact) mass is 326 g/mol. The molecule has 0 bridgehead atoms. The summed E-state index contributed by atoms with van der Waals surface area (Å²) in [5, 5.41) is 3.00. The van der Waals surface area contributed by atoms with Gasteiger partial charge in [0.05, 0.1) is 4.47 Å². The molecule has 0 spiro atoms. The summed E-state index contributed by atoms with van der Waals surface area (Å²) in [6.07, 6.45) is 10.1. The van der Waals surface area contributed by atoms with Gasteiger partial charge in [-0.2, -0.15) is 0 Å². The number of hydrogen-bond acceptors (Lipinski definition) is 2. The Labute approximate surface area is 121 Å². The van der Waals surface area contributed by atoms with Crippen molar-refractivity contribution in [2.24, 2.45) is 7.05 Å². The molecule has 2 rings (SSSR count). The Balaban J connectivity index is 2.13. The second-order valence-electron chi connectivity index (χ2n) is 5.18. The van der Waals surface area contributed by atoms with Crippen LogP contribution in [0, 0.1) is 0 Å². The van der Waals surface area contributed by atoms with Gasteiger partial charge in [-0.05, 0) is 28.8 Å². The van der Waals surface area contributed by atoms with Crippen molar-refractivity contribution in [3.05, 3.63) is 32.7 Å². The Bertz CT molecular complexity index is 517. The standard InChI is InChI=1S/C14H19BrN2O2/c1-17-8-11(13(18)12(15)9-17)14(19)16-10-6-4-2-3-5-7-10/h8-10H,2-7H2,1H3,(H,16,19). The third kappa shape index (κ3) is 3.69. The molecule has 5 heteroatoms. The molecule has 104 valence electrons. The molecular formula is C14H19BrN2O2. The Hall–Kier alpha value is -1.10. The van der Waals surface area contributed by atoms with Crippen molar-refractivity contribution in [3.8, 4) is 0 Å². The van der Waals surface area contributed by atoms with Gasteiger partial charge >= 0.3 is 0 Å². The molecule has 1 fully saturated rings. The predicted molar refractivity (Wildman–Crippen MR) is 78.3 cm³/mol. The molecule has 1 aliphatic rings. The summed E-state index contributed by atoms with van der Waals surface area (Å²) < 4.78 is 2.14. The van der Waals surface area contributed by atoms with Gasteiger partial charge in [0.2, 0.25) is 5.43 Å². The number of nitrogens with zero attached hydrogens (tertiary/aromatic N) is 1. The van der Waals surface area contributed by atoms with E-state index in [1.54, 1.807) is 24.0 Å². The van der Waals surface area contributed by atoms with Gasteiger partial charge in [0.15, 0.2) is 0 Å². The number of halogens is 1. The van der Waals surface area contributed by atoms with Crippen molar-refractivity contribution >= 4 is 21.8 Å². The first-order valence-corrected chi connectivity index (χ1v) is 7.54. The molecule has 0 saturated heterocycles. The Kier molecular flexibility index (Phi) is 4.80. The van der Waals surface area contributed by atoms with Crippen molar-refractivity contribution in [2.45, 2.75) is 44.6 Å². The molecule has 1 aromatic rings. The number of nitrogens with one attached hydrogen (secondary N) is 1. The lowest BCUT2D eigenvalue weighted by Crippen LogP contribution is -2.37. The maximum Gasteiger partial charge on any atom is 0.257 e. The minimum absolute atomic E-state index is 0.207. The zero-order valence-corrected chi connectivity index (χ0v) is 12.7. The van der Waals surface area contributed by atoms with Crippen LogP contribution in [0.15, 0.2) is 21.7 Å². The van der Waals surface area contributed by atoms with E-state index in [-0.39, 0.29) is 22.9 Å². The van der Waals surface area contributed by atoms with Crippen molar-refractivity contribution in [1.82, 2.24) is 9.88 Å². The molecule has 0 aromatic carbocycles. The number of rotatable bonds is 2. The van der Waals surface area contributed by atoms with E-state index in [0.29, 0.717) is 4.47 Å². The topological polar surface area (TPSA) is 51.1 Å². The van der Waals surface area contributed by atoms with Gasteiger partial charge in [0.1, 0.15) is 5.56 Å². The minimum atomic E-state index is -0.256. The second-order valence-corrected chi connectivity index (χ2v) is 6.03. The van der Waals surface area contributed by atoms with Crippen LogP contribution in [0.1, 0.15) is 48.9 Å². The maximum absolute atomic E-state index is 12.2. The summed E-state index contributed by atoms with van der Waals surface area (Å²) in [6, 6.07) is 0.207. The van der Waals surface area contributed by atoms with Crippen LogP contribution in [0.5, 0.6) is 0 Å². The SMILES string of the molecule is Cn1cc(Br)c(=O)c(C(=O)NC2CCCCCC2)c1. The van der Waals surface area contributed by atoms with Crippen molar-refractivity contribution < 1.29 is 4.79 Å². The van der Waals surface area contributed by atoms with Crippen LogP contribution in [0.2, 0.25) is 0 Å². The smallest absolute Gasteiger partial charge is 0.257 e. The molecule has 0 radical (unpaired) electrons. The first-order chi connectivity index (χ1) is 9.08. The highest BCUT2D eigenvalue weighted by atomic mass is 79.9. The molecule has 1 saturated carbocycles. The number of aromatic nitrogens is 1. The first-order valence-electron chi connectivity index (χ1n) is 6.74. The predicted octanol–water partition coefficient (Wildman–Crippen LogP) is 2.60. The van der Waals surface area contributed by atoms with E-state index < -0.39 is 0 Å². The summed E-state index contributed by atoms with van der Waals surface area (Å²) in [6.45, 7) is 0. The number of carbonyl (C=O) groups excluding carboxylic acids is 1. The fraction of sp³-hybridized carbons (Fsp3) is 0.571. The zero-order valence-electron chi connectivity index (χ0n) is 11.1. The highest BCUT2D eigenvalue weighted by molar-refractivity contribution is 9.10. The van der Waals surface area contributed by atoms with E-state index in [1.807, 2.05) is 0 Å². The molecule has 1 aromatic heterocycles. The Morgan fingerprint density at radius 3 is 2.53 bits per heavy atom. The second kappa shape index (κ2) is 6.37. The molecule has 0 atom stereocenters. The lowest BCUT2D eigenvalue weighted by atomic mass is 10.1. The van der Waals surface area contributed by atoms with Crippen molar-refractivity contribution in [1.29, 1.82) is 0 Å². The van der Waals surface area contributed by atoms with Crippen LogP contribution in [-0.4, -0.2) is 16.5 Å². The summed E-state index contributed by atoms with van der Waals surface area (Å²) in [7, 11) is 1.80. The molecule has 4 nitrogen and oxygen atoms in total. The van der Waals surface area contributed by atoms with Crippen molar-refractivity contribution in [2.75, 3.05) is 0 Å². The van der Waals surface area contributed by atoms with E-state index in [4.69, 9.17) is 0 Å². The summed E-state index contributed by atoms with van der Waals surface area (Å²) >= 11 is 3.19. The Morgan fingerprint density at radius 2 is 1.89 bits per heavy atom. The summed E-state index contributed by atoms with van der Waals surface area (Å²) in [5.41, 5.74) is -0.0367. The molecule has 0 unspecified atom stereocenters. The first kappa shape index (κ1) is 14.3. The zero-order chi connectivity index (χ0) is 13.8. The van der Waals surface area contributed by atoms with Gasteiger partial charge in [-0.1, -0.05) is 25.7 Å². The van der Waals surface area contributed by atoms with Gasteiger partial charge < -0.3 is 9.88 Å². The minimum Gasteiger partial charge on any atom is -0.355 e. The molecule has 1 amide bonds.